The van der Waals surface area contributed by atoms with Crippen LogP contribution in [0, 0.1) is 0 Å². The van der Waals surface area contributed by atoms with Crippen molar-refractivity contribution in [2.24, 2.45) is 0 Å². The van der Waals surface area contributed by atoms with E-state index in [-0.39, 0.29) is 5.76 Å². The molecule has 0 unspecified atom stereocenters. The highest BCUT2D eigenvalue weighted by Gasteiger charge is 2.04. The van der Waals surface area contributed by atoms with Gasteiger partial charge in [-0.2, -0.15) is 0 Å². The van der Waals surface area contributed by atoms with Crippen LogP contribution >= 0.6 is 11.6 Å². The van der Waals surface area contributed by atoms with Crippen LogP contribution in [0.5, 0.6) is 0 Å². The van der Waals surface area contributed by atoms with Gasteiger partial charge in [-0.3, -0.25) is 4.79 Å². The molecule has 0 aromatic heterocycles. The molecule has 5 heteroatoms. The van der Waals surface area contributed by atoms with Crippen LogP contribution in [-0.4, -0.2) is 17.0 Å². The first-order valence-electron chi connectivity index (χ1n) is 2.91. The smallest absolute Gasteiger partial charge is 0.347 e. The van der Waals surface area contributed by atoms with Crippen LogP contribution in [0.3, 0.4) is 0 Å². The Morgan fingerprint density at radius 1 is 1.58 bits per heavy atom. The molecule has 4 nitrogen and oxygen atoms in total. The Labute approximate surface area is 74.1 Å². The second-order valence-electron chi connectivity index (χ2n) is 1.86. The van der Waals surface area contributed by atoms with Crippen LogP contribution in [0.1, 0.15) is 6.92 Å². The van der Waals surface area contributed by atoms with Gasteiger partial charge in [-0.05, 0) is 0 Å². The molecule has 66 valence electrons. The summed E-state index contributed by atoms with van der Waals surface area (Å²) in [6, 6.07) is 0. The van der Waals surface area contributed by atoms with Crippen LogP contribution in [0.15, 0.2) is 23.4 Å². The van der Waals surface area contributed by atoms with E-state index in [4.69, 9.17) is 16.7 Å². The molecule has 1 N–H and O–H groups in total. The number of hydrogen-bond donors (Lipinski definition) is 1. The number of carbonyl (C=O) groups is 2. The SMILES string of the molecule is C=C(/C=C(/Cl)C(=O)O)OC(C)=O. The van der Waals surface area contributed by atoms with Crippen molar-refractivity contribution < 1.29 is 19.4 Å². The minimum Gasteiger partial charge on any atom is -0.477 e. The van der Waals surface area contributed by atoms with Gasteiger partial charge < -0.3 is 9.84 Å². The number of carbonyl (C=O) groups excluding carboxylic acids is 1. The number of carboxylic acid groups (broad SMARTS) is 1. The fourth-order valence-corrected chi connectivity index (χ4v) is 0.539. The third-order valence-electron chi connectivity index (χ3n) is 0.767. The number of aliphatic carboxylic acids is 1. The van der Waals surface area contributed by atoms with Gasteiger partial charge in [-0.15, -0.1) is 0 Å². The highest BCUT2D eigenvalue weighted by Crippen LogP contribution is 2.06. The van der Waals surface area contributed by atoms with Crippen molar-refractivity contribution in [1.82, 2.24) is 0 Å². The lowest BCUT2D eigenvalue weighted by Gasteiger charge is -1.98. The monoisotopic (exact) mass is 190 g/mol. The molecular weight excluding hydrogens is 184 g/mol. The van der Waals surface area contributed by atoms with Gasteiger partial charge >= 0.3 is 11.9 Å². The molecule has 0 spiro atoms. The maximum absolute atomic E-state index is 10.3. The van der Waals surface area contributed by atoms with Crippen molar-refractivity contribution in [3.8, 4) is 0 Å². The molecule has 0 radical (unpaired) electrons. The average molecular weight is 191 g/mol. The molecule has 0 aromatic rings. The van der Waals surface area contributed by atoms with E-state index in [1.807, 2.05) is 0 Å². The van der Waals surface area contributed by atoms with Crippen molar-refractivity contribution in [3.63, 3.8) is 0 Å². The molecule has 0 aliphatic heterocycles. The number of carboxylic acids is 1. The van der Waals surface area contributed by atoms with Crippen LogP contribution in [0.2, 0.25) is 0 Å². The fourth-order valence-electron chi connectivity index (χ4n) is 0.417. The third-order valence-corrected chi connectivity index (χ3v) is 1.04. The van der Waals surface area contributed by atoms with Crippen LogP contribution in [0.4, 0.5) is 0 Å². The standard InChI is InChI=1S/C7H7ClO4/c1-4(12-5(2)9)3-6(8)7(10)11/h3H,1H2,2H3,(H,10,11)/b6-3+. The Morgan fingerprint density at radius 2 is 2.08 bits per heavy atom. The van der Waals surface area contributed by atoms with Crippen LogP contribution in [-0.2, 0) is 14.3 Å². The van der Waals surface area contributed by atoms with Gasteiger partial charge in [0.1, 0.15) is 10.8 Å². The molecule has 0 aliphatic carbocycles. The van der Waals surface area contributed by atoms with Gasteiger partial charge in [0, 0.05) is 13.0 Å². The Hall–Kier alpha value is -1.29. The molecule has 0 bridgehead atoms. The molecule has 0 saturated heterocycles. The second kappa shape index (κ2) is 4.56. The summed E-state index contributed by atoms with van der Waals surface area (Å²) < 4.78 is 4.41. The summed E-state index contributed by atoms with van der Waals surface area (Å²) in [4.78, 5) is 20.4. The summed E-state index contributed by atoms with van der Waals surface area (Å²) in [5, 5.41) is 7.83. The van der Waals surface area contributed by atoms with Crippen molar-refractivity contribution in [3.05, 3.63) is 23.4 Å². The highest BCUT2D eigenvalue weighted by molar-refractivity contribution is 6.41. The Morgan fingerprint density at radius 3 is 2.42 bits per heavy atom. The Bertz CT molecular complexity index is 254. The molecule has 0 heterocycles. The summed E-state index contributed by atoms with van der Waals surface area (Å²) in [7, 11) is 0. The van der Waals surface area contributed by atoms with Gasteiger partial charge in [-0.25, -0.2) is 4.79 Å². The maximum atomic E-state index is 10.3. The lowest BCUT2D eigenvalue weighted by atomic mass is 10.4. The van der Waals surface area contributed by atoms with E-state index in [0.717, 1.165) is 6.08 Å². The zero-order valence-corrected chi connectivity index (χ0v) is 7.09. The predicted octanol–water partition coefficient (Wildman–Crippen LogP) is 1.27. The second-order valence-corrected chi connectivity index (χ2v) is 2.26. The Balaban J connectivity index is 4.24. The maximum Gasteiger partial charge on any atom is 0.347 e. The van der Waals surface area contributed by atoms with Gasteiger partial charge in [0.25, 0.3) is 0 Å². The molecule has 12 heavy (non-hydrogen) atoms. The van der Waals surface area contributed by atoms with E-state index in [2.05, 4.69) is 11.3 Å². The highest BCUT2D eigenvalue weighted by atomic mass is 35.5. The third kappa shape index (κ3) is 4.51. The zero-order chi connectivity index (χ0) is 9.72. The number of allylic oxidation sites excluding steroid dienone is 1. The quantitative estimate of drug-likeness (QED) is 0.315. The first-order valence-corrected chi connectivity index (χ1v) is 3.29. The topological polar surface area (TPSA) is 63.6 Å². The van der Waals surface area contributed by atoms with E-state index in [9.17, 15) is 9.59 Å². The minimum absolute atomic E-state index is 0.102. The van der Waals surface area contributed by atoms with Crippen molar-refractivity contribution in [2.75, 3.05) is 0 Å². The predicted molar refractivity (Wildman–Crippen MR) is 42.5 cm³/mol. The van der Waals surface area contributed by atoms with Gasteiger partial charge in [0.2, 0.25) is 0 Å². The molecule has 0 aromatic carbocycles. The van der Waals surface area contributed by atoms with E-state index in [0.29, 0.717) is 0 Å². The Kier molecular flexibility index (Phi) is 4.07. The summed E-state index contributed by atoms with van der Waals surface area (Å²) in [5.41, 5.74) is 0. The number of rotatable bonds is 3. The van der Waals surface area contributed by atoms with Crippen LogP contribution < -0.4 is 0 Å². The first kappa shape index (κ1) is 10.7. The minimum atomic E-state index is -1.30. The number of esters is 1. The molecule has 0 fully saturated rings. The molecule has 0 aliphatic rings. The van der Waals surface area contributed by atoms with Crippen LogP contribution in [0.25, 0.3) is 0 Å². The average Bonchev–Trinajstić information content (AvgIpc) is 1.84. The lowest BCUT2D eigenvalue weighted by molar-refractivity contribution is -0.136. The summed E-state index contributed by atoms with van der Waals surface area (Å²) in [5.74, 6) is -1.98. The fraction of sp³-hybridized carbons (Fsp3) is 0.143. The zero-order valence-electron chi connectivity index (χ0n) is 6.33. The van der Waals surface area contributed by atoms with Crippen molar-refractivity contribution in [2.45, 2.75) is 6.92 Å². The lowest BCUT2D eigenvalue weighted by Crippen LogP contribution is -1.99. The first-order chi connectivity index (χ1) is 5.43. The summed E-state index contributed by atoms with van der Waals surface area (Å²) in [6.07, 6.45) is 0.950. The molecule has 0 rings (SSSR count). The van der Waals surface area contributed by atoms with E-state index in [1.165, 1.54) is 6.92 Å². The largest absolute Gasteiger partial charge is 0.477 e. The van der Waals surface area contributed by atoms with Crippen molar-refractivity contribution in [1.29, 1.82) is 0 Å². The molecule has 0 amide bonds. The van der Waals surface area contributed by atoms with Crippen molar-refractivity contribution >= 4 is 23.5 Å². The molecular formula is C7H7ClO4. The summed E-state index contributed by atoms with van der Waals surface area (Å²) >= 11 is 5.20. The van der Waals surface area contributed by atoms with Gasteiger partial charge in [0.05, 0.1) is 0 Å². The van der Waals surface area contributed by atoms with E-state index in [1.54, 1.807) is 0 Å². The summed E-state index contributed by atoms with van der Waals surface area (Å²) in [6.45, 7) is 4.42. The number of hydrogen-bond acceptors (Lipinski definition) is 3. The number of ether oxygens (including phenoxy) is 1. The van der Waals surface area contributed by atoms with E-state index >= 15 is 0 Å². The normalized spacial score (nSPS) is 10.7. The van der Waals surface area contributed by atoms with Gasteiger partial charge in [-0.1, -0.05) is 18.2 Å². The molecule has 0 atom stereocenters. The van der Waals surface area contributed by atoms with E-state index < -0.39 is 17.0 Å². The van der Waals surface area contributed by atoms with Gasteiger partial charge in [0.15, 0.2) is 0 Å². The molecule has 0 saturated carbocycles. The number of halogens is 1.